The van der Waals surface area contributed by atoms with E-state index >= 15 is 0 Å². The molecular formula is C16H14N4O4S. The summed E-state index contributed by atoms with van der Waals surface area (Å²) in [5.41, 5.74) is 0.723. The molecule has 9 heteroatoms. The topological polar surface area (TPSA) is 94.6 Å². The second-order valence-electron chi connectivity index (χ2n) is 4.89. The molecule has 0 saturated carbocycles. The van der Waals surface area contributed by atoms with Crippen LogP contribution in [-0.4, -0.2) is 34.2 Å². The number of nitrogens with one attached hydrogen (secondary N) is 1. The normalized spacial score (nSPS) is 11.0. The fourth-order valence-corrected chi connectivity index (χ4v) is 2.27. The van der Waals surface area contributed by atoms with E-state index in [1.54, 1.807) is 42.8 Å². The Bertz CT molecular complexity index is 972. The number of aromatic nitrogens is 3. The smallest absolute Gasteiger partial charge is 0.308 e. The summed E-state index contributed by atoms with van der Waals surface area (Å²) in [6, 6.07) is 8.57. The Morgan fingerprint density at radius 2 is 2.24 bits per heavy atom. The number of carbonyl (C=O) groups excluding carboxylic acids is 1. The van der Waals surface area contributed by atoms with E-state index in [1.165, 1.54) is 18.7 Å². The van der Waals surface area contributed by atoms with E-state index in [4.69, 9.17) is 26.1 Å². The summed E-state index contributed by atoms with van der Waals surface area (Å²) < 4.78 is 17.4. The number of H-pyrrole nitrogens is 1. The van der Waals surface area contributed by atoms with E-state index in [9.17, 15) is 4.79 Å². The quantitative estimate of drug-likeness (QED) is 0.326. The van der Waals surface area contributed by atoms with Crippen molar-refractivity contribution in [1.82, 2.24) is 14.9 Å². The summed E-state index contributed by atoms with van der Waals surface area (Å²) in [6.07, 6.45) is 3.12. The summed E-state index contributed by atoms with van der Waals surface area (Å²) in [4.78, 5) is 11.1. The minimum absolute atomic E-state index is 0.325. The molecule has 0 radical (unpaired) electrons. The van der Waals surface area contributed by atoms with Gasteiger partial charge in [0.05, 0.1) is 19.6 Å². The number of ether oxygens (including phenoxy) is 2. The minimum atomic E-state index is -0.424. The maximum absolute atomic E-state index is 11.1. The molecule has 0 spiro atoms. The van der Waals surface area contributed by atoms with Crippen LogP contribution in [0.1, 0.15) is 12.5 Å². The number of aromatic amines is 1. The predicted octanol–water partition coefficient (Wildman–Crippen LogP) is 3.02. The Kier molecular flexibility index (Phi) is 4.75. The fraction of sp³-hybridized carbons (Fsp3) is 0.125. The highest BCUT2D eigenvalue weighted by Crippen LogP contribution is 2.27. The molecule has 2 heterocycles. The van der Waals surface area contributed by atoms with Gasteiger partial charge in [0.25, 0.3) is 0 Å². The standard InChI is InChI=1S/C16H14N4O4S/c1-10(21)24-12-6-5-11(8-14(12)22-2)9-17-20-15(18-19-16(20)25)13-4-3-7-23-13/h3-9H,1-2H3,(H,19,25). The summed E-state index contributed by atoms with van der Waals surface area (Å²) in [6.45, 7) is 1.33. The second kappa shape index (κ2) is 7.14. The molecular weight excluding hydrogens is 344 g/mol. The highest BCUT2D eigenvalue weighted by Gasteiger charge is 2.11. The van der Waals surface area contributed by atoms with Crippen molar-refractivity contribution in [2.75, 3.05) is 7.11 Å². The number of methoxy groups -OCH3 is 1. The van der Waals surface area contributed by atoms with Gasteiger partial charge in [-0.3, -0.25) is 4.79 Å². The number of carbonyl (C=O) groups is 1. The van der Waals surface area contributed by atoms with E-state index in [-0.39, 0.29) is 0 Å². The first kappa shape index (κ1) is 16.7. The average Bonchev–Trinajstić information content (AvgIpc) is 3.23. The lowest BCUT2D eigenvalue weighted by Crippen LogP contribution is -2.03. The first-order valence-electron chi connectivity index (χ1n) is 7.20. The zero-order valence-corrected chi connectivity index (χ0v) is 14.2. The predicted molar refractivity (Wildman–Crippen MR) is 92.4 cm³/mol. The SMILES string of the molecule is COc1cc(C=Nn2c(-c3ccco3)n[nH]c2=S)ccc1OC(C)=O. The molecule has 3 rings (SSSR count). The largest absolute Gasteiger partial charge is 0.493 e. The Morgan fingerprint density at radius 1 is 1.40 bits per heavy atom. The molecule has 0 amide bonds. The molecule has 0 saturated heterocycles. The van der Waals surface area contributed by atoms with Crippen LogP contribution in [-0.2, 0) is 4.79 Å². The summed E-state index contributed by atoms with van der Waals surface area (Å²) >= 11 is 5.19. The van der Waals surface area contributed by atoms with Crippen LogP contribution in [0.25, 0.3) is 11.6 Å². The van der Waals surface area contributed by atoms with Gasteiger partial charge in [0.15, 0.2) is 17.3 Å². The molecule has 0 aliphatic heterocycles. The lowest BCUT2D eigenvalue weighted by Gasteiger charge is -2.08. The van der Waals surface area contributed by atoms with Gasteiger partial charge in [-0.25, -0.2) is 5.10 Å². The number of hydrogen-bond donors (Lipinski definition) is 1. The van der Waals surface area contributed by atoms with Crippen LogP contribution in [0.5, 0.6) is 11.5 Å². The van der Waals surface area contributed by atoms with Crippen molar-refractivity contribution >= 4 is 24.4 Å². The average molecular weight is 358 g/mol. The number of furan rings is 1. The molecule has 8 nitrogen and oxygen atoms in total. The van der Waals surface area contributed by atoms with Crippen LogP contribution in [0.2, 0.25) is 0 Å². The molecule has 0 atom stereocenters. The summed E-state index contributed by atoms with van der Waals surface area (Å²) in [5.74, 6) is 1.32. The summed E-state index contributed by atoms with van der Waals surface area (Å²) in [7, 11) is 1.49. The maximum Gasteiger partial charge on any atom is 0.308 e. The highest BCUT2D eigenvalue weighted by atomic mass is 32.1. The molecule has 128 valence electrons. The molecule has 25 heavy (non-hydrogen) atoms. The molecule has 1 aromatic carbocycles. The van der Waals surface area contributed by atoms with Crippen LogP contribution in [0.15, 0.2) is 46.1 Å². The van der Waals surface area contributed by atoms with Gasteiger partial charge in [-0.2, -0.15) is 9.78 Å². The van der Waals surface area contributed by atoms with Crippen LogP contribution in [0.3, 0.4) is 0 Å². The van der Waals surface area contributed by atoms with Crippen molar-refractivity contribution < 1.29 is 18.7 Å². The van der Waals surface area contributed by atoms with Gasteiger partial charge < -0.3 is 13.9 Å². The molecule has 0 aliphatic carbocycles. The third-order valence-corrected chi connectivity index (χ3v) is 3.42. The number of rotatable bonds is 5. The number of nitrogens with zero attached hydrogens (tertiary/aromatic N) is 3. The third kappa shape index (κ3) is 3.66. The maximum atomic E-state index is 11.1. The minimum Gasteiger partial charge on any atom is -0.493 e. The van der Waals surface area contributed by atoms with E-state index in [2.05, 4.69) is 15.3 Å². The Hall–Kier alpha value is -3.20. The molecule has 3 aromatic rings. The number of benzene rings is 1. The van der Waals surface area contributed by atoms with Gasteiger partial charge in [0.2, 0.25) is 10.6 Å². The van der Waals surface area contributed by atoms with Crippen molar-refractivity contribution in [3.8, 4) is 23.1 Å². The Morgan fingerprint density at radius 3 is 2.92 bits per heavy atom. The van der Waals surface area contributed by atoms with E-state index in [0.717, 1.165) is 5.56 Å². The number of esters is 1. The number of hydrogen-bond acceptors (Lipinski definition) is 7. The van der Waals surface area contributed by atoms with Gasteiger partial charge in [-0.15, -0.1) is 5.10 Å². The van der Waals surface area contributed by atoms with Crippen LogP contribution < -0.4 is 9.47 Å². The van der Waals surface area contributed by atoms with E-state index in [1.807, 2.05) is 0 Å². The first-order valence-corrected chi connectivity index (χ1v) is 7.61. The van der Waals surface area contributed by atoms with Gasteiger partial charge in [-0.1, -0.05) is 0 Å². The molecule has 0 unspecified atom stereocenters. The van der Waals surface area contributed by atoms with Crippen molar-refractivity contribution in [2.24, 2.45) is 5.10 Å². The van der Waals surface area contributed by atoms with Crippen molar-refractivity contribution in [3.63, 3.8) is 0 Å². The highest BCUT2D eigenvalue weighted by molar-refractivity contribution is 7.71. The monoisotopic (exact) mass is 358 g/mol. The first-order chi connectivity index (χ1) is 12.1. The van der Waals surface area contributed by atoms with E-state index < -0.39 is 5.97 Å². The van der Waals surface area contributed by atoms with Crippen LogP contribution in [0, 0.1) is 4.77 Å². The lowest BCUT2D eigenvalue weighted by atomic mass is 10.2. The van der Waals surface area contributed by atoms with Gasteiger partial charge in [0.1, 0.15) is 0 Å². The molecule has 2 aromatic heterocycles. The molecule has 0 aliphatic rings. The zero-order valence-electron chi connectivity index (χ0n) is 13.4. The van der Waals surface area contributed by atoms with Crippen molar-refractivity contribution in [3.05, 3.63) is 46.9 Å². The van der Waals surface area contributed by atoms with Gasteiger partial charge in [-0.05, 0) is 48.1 Å². The Balaban J connectivity index is 1.92. The van der Waals surface area contributed by atoms with Crippen LogP contribution in [0.4, 0.5) is 0 Å². The molecule has 0 bridgehead atoms. The van der Waals surface area contributed by atoms with Crippen molar-refractivity contribution in [2.45, 2.75) is 6.92 Å². The van der Waals surface area contributed by atoms with E-state index in [0.29, 0.717) is 27.9 Å². The molecule has 0 fully saturated rings. The van der Waals surface area contributed by atoms with Gasteiger partial charge >= 0.3 is 5.97 Å². The zero-order chi connectivity index (χ0) is 17.8. The van der Waals surface area contributed by atoms with Crippen molar-refractivity contribution in [1.29, 1.82) is 0 Å². The second-order valence-corrected chi connectivity index (χ2v) is 5.28. The summed E-state index contributed by atoms with van der Waals surface area (Å²) in [5, 5.41) is 11.1. The Labute approximate surface area is 147 Å². The van der Waals surface area contributed by atoms with Crippen LogP contribution >= 0.6 is 12.2 Å². The lowest BCUT2D eigenvalue weighted by molar-refractivity contribution is -0.132. The molecule has 1 N–H and O–H groups in total. The van der Waals surface area contributed by atoms with Gasteiger partial charge in [0, 0.05) is 6.92 Å². The fourth-order valence-electron chi connectivity index (χ4n) is 2.09. The third-order valence-electron chi connectivity index (χ3n) is 3.16.